The van der Waals surface area contributed by atoms with E-state index >= 15 is 0 Å². The lowest BCUT2D eigenvalue weighted by Crippen LogP contribution is -1.98. The Morgan fingerprint density at radius 2 is 2.20 bits per heavy atom. The van der Waals surface area contributed by atoms with Crippen LogP contribution in [0, 0.1) is 6.92 Å². The Balaban J connectivity index is 2.07. The largest absolute Gasteiger partial charge is 0.472 e. The van der Waals surface area contributed by atoms with Crippen molar-refractivity contribution in [2.75, 3.05) is 5.32 Å². The van der Waals surface area contributed by atoms with Crippen molar-refractivity contribution < 1.29 is 4.42 Å². The van der Waals surface area contributed by atoms with Crippen LogP contribution in [0.4, 0.5) is 5.69 Å². The molecule has 1 N–H and O–H groups in total. The summed E-state index contributed by atoms with van der Waals surface area (Å²) >= 11 is 3.51. The monoisotopic (exact) mass is 265 g/mol. The van der Waals surface area contributed by atoms with Gasteiger partial charge in [-0.05, 0) is 46.6 Å². The van der Waals surface area contributed by atoms with Gasteiger partial charge >= 0.3 is 0 Å². The van der Waals surface area contributed by atoms with E-state index in [1.165, 1.54) is 5.56 Å². The van der Waals surface area contributed by atoms with E-state index in [2.05, 4.69) is 40.3 Å². The molecule has 2 aromatic rings. The molecule has 0 bridgehead atoms. The van der Waals surface area contributed by atoms with Crippen LogP contribution < -0.4 is 5.32 Å². The van der Waals surface area contributed by atoms with Crippen molar-refractivity contribution >= 4 is 21.6 Å². The topological polar surface area (TPSA) is 25.2 Å². The van der Waals surface area contributed by atoms with Gasteiger partial charge in [0, 0.05) is 22.3 Å². The van der Waals surface area contributed by atoms with Crippen molar-refractivity contribution in [1.29, 1.82) is 0 Å². The van der Waals surface area contributed by atoms with Gasteiger partial charge in [-0.25, -0.2) is 0 Å². The third-order valence-corrected chi connectivity index (χ3v) is 2.88. The normalized spacial score (nSPS) is 10.3. The summed E-state index contributed by atoms with van der Waals surface area (Å²) in [6.07, 6.45) is 3.43. The molecule has 0 amide bonds. The quantitative estimate of drug-likeness (QED) is 0.909. The minimum absolute atomic E-state index is 0.776. The predicted molar refractivity (Wildman–Crippen MR) is 64.9 cm³/mol. The van der Waals surface area contributed by atoms with Crippen molar-refractivity contribution in [3.63, 3.8) is 0 Å². The number of anilines is 1. The number of nitrogens with one attached hydrogen (secondary N) is 1. The smallest absolute Gasteiger partial charge is 0.0952 e. The standard InChI is InChI=1S/C12H12BrNO/c1-9-2-3-11(13)12(6-9)14-7-10-4-5-15-8-10/h2-6,8,14H,7H2,1H3. The summed E-state index contributed by atoms with van der Waals surface area (Å²) in [7, 11) is 0. The van der Waals surface area contributed by atoms with Crippen molar-refractivity contribution in [2.45, 2.75) is 13.5 Å². The lowest BCUT2D eigenvalue weighted by atomic mass is 10.2. The Morgan fingerprint density at radius 1 is 1.33 bits per heavy atom. The lowest BCUT2D eigenvalue weighted by Gasteiger charge is -2.08. The summed E-state index contributed by atoms with van der Waals surface area (Å²) in [5.41, 5.74) is 3.49. The minimum Gasteiger partial charge on any atom is -0.472 e. The molecule has 0 aliphatic carbocycles. The van der Waals surface area contributed by atoms with Gasteiger partial charge < -0.3 is 9.73 Å². The Morgan fingerprint density at radius 3 is 2.93 bits per heavy atom. The minimum atomic E-state index is 0.776. The van der Waals surface area contributed by atoms with Crippen molar-refractivity contribution in [2.24, 2.45) is 0 Å². The van der Waals surface area contributed by atoms with E-state index in [1.54, 1.807) is 12.5 Å². The Bertz CT molecular complexity index is 437. The van der Waals surface area contributed by atoms with E-state index in [-0.39, 0.29) is 0 Å². The summed E-state index contributed by atoms with van der Waals surface area (Å²) in [5.74, 6) is 0. The second-order valence-electron chi connectivity index (χ2n) is 3.47. The molecule has 15 heavy (non-hydrogen) atoms. The molecule has 0 fully saturated rings. The van der Waals surface area contributed by atoms with Gasteiger partial charge in [0.2, 0.25) is 0 Å². The maximum absolute atomic E-state index is 5.01. The first-order chi connectivity index (χ1) is 7.25. The summed E-state index contributed by atoms with van der Waals surface area (Å²) in [5, 5.41) is 3.35. The molecule has 1 heterocycles. The number of hydrogen-bond acceptors (Lipinski definition) is 2. The highest BCUT2D eigenvalue weighted by atomic mass is 79.9. The highest BCUT2D eigenvalue weighted by molar-refractivity contribution is 9.10. The summed E-state index contributed by atoms with van der Waals surface area (Å²) in [6.45, 7) is 2.86. The molecule has 0 aliphatic heterocycles. The molecule has 2 nitrogen and oxygen atoms in total. The molecule has 0 unspecified atom stereocenters. The maximum Gasteiger partial charge on any atom is 0.0952 e. The molecule has 0 aliphatic rings. The van der Waals surface area contributed by atoms with Gasteiger partial charge in [0.05, 0.1) is 12.5 Å². The molecule has 3 heteroatoms. The second kappa shape index (κ2) is 4.53. The fourth-order valence-corrected chi connectivity index (χ4v) is 1.75. The third kappa shape index (κ3) is 2.63. The number of benzene rings is 1. The van der Waals surface area contributed by atoms with E-state index in [0.29, 0.717) is 0 Å². The molecule has 0 atom stereocenters. The zero-order valence-corrected chi connectivity index (χ0v) is 10.0. The molecule has 1 aromatic heterocycles. The van der Waals surface area contributed by atoms with Crippen LogP contribution in [-0.4, -0.2) is 0 Å². The van der Waals surface area contributed by atoms with Crippen LogP contribution >= 0.6 is 15.9 Å². The number of aryl methyl sites for hydroxylation is 1. The van der Waals surface area contributed by atoms with E-state index in [9.17, 15) is 0 Å². The van der Waals surface area contributed by atoms with Crippen LogP contribution in [0.15, 0.2) is 45.7 Å². The fraction of sp³-hybridized carbons (Fsp3) is 0.167. The van der Waals surface area contributed by atoms with Gasteiger partial charge in [-0.2, -0.15) is 0 Å². The van der Waals surface area contributed by atoms with Gasteiger partial charge in [-0.3, -0.25) is 0 Å². The zero-order valence-electron chi connectivity index (χ0n) is 8.46. The van der Waals surface area contributed by atoms with Crippen LogP contribution in [0.25, 0.3) is 0 Å². The molecule has 78 valence electrons. The molecule has 0 spiro atoms. The molecular weight excluding hydrogens is 254 g/mol. The molecular formula is C12H12BrNO. The Labute approximate surface area is 97.4 Å². The molecule has 1 aromatic carbocycles. The molecule has 0 saturated carbocycles. The first-order valence-corrected chi connectivity index (χ1v) is 5.56. The lowest BCUT2D eigenvalue weighted by molar-refractivity contribution is 0.564. The van der Waals surface area contributed by atoms with Crippen LogP contribution in [0.2, 0.25) is 0 Å². The third-order valence-electron chi connectivity index (χ3n) is 2.18. The summed E-state index contributed by atoms with van der Waals surface area (Å²) < 4.78 is 6.09. The van der Waals surface area contributed by atoms with Crippen LogP contribution in [-0.2, 0) is 6.54 Å². The van der Waals surface area contributed by atoms with Crippen LogP contribution in [0.1, 0.15) is 11.1 Å². The van der Waals surface area contributed by atoms with E-state index in [0.717, 1.165) is 22.3 Å². The van der Waals surface area contributed by atoms with Gasteiger partial charge in [-0.15, -0.1) is 0 Å². The first kappa shape index (κ1) is 10.3. The van der Waals surface area contributed by atoms with Crippen molar-refractivity contribution in [1.82, 2.24) is 0 Å². The highest BCUT2D eigenvalue weighted by Crippen LogP contribution is 2.23. The first-order valence-electron chi connectivity index (χ1n) is 4.77. The number of rotatable bonds is 3. The van der Waals surface area contributed by atoms with Crippen molar-refractivity contribution in [3.8, 4) is 0 Å². The van der Waals surface area contributed by atoms with Crippen LogP contribution in [0.5, 0.6) is 0 Å². The average molecular weight is 266 g/mol. The number of hydrogen-bond donors (Lipinski definition) is 1. The zero-order chi connectivity index (χ0) is 10.7. The summed E-state index contributed by atoms with van der Waals surface area (Å²) in [4.78, 5) is 0. The fourth-order valence-electron chi connectivity index (χ4n) is 1.37. The Hall–Kier alpha value is -1.22. The van der Waals surface area contributed by atoms with Crippen LogP contribution in [0.3, 0.4) is 0 Å². The average Bonchev–Trinajstić information content (AvgIpc) is 2.72. The number of halogens is 1. The van der Waals surface area contributed by atoms with Crippen molar-refractivity contribution in [3.05, 3.63) is 52.4 Å². The van der Waals surface area contributed by atoms with E-state index in [1.807, 2.05) is 12.1 Å². The van der Waals surface area contributed by atoms with Gasteiger partial charge in [0.25, 0.3) is 0 Å². The van der Waals surface area contributed by atoms with Gasteiger partial charge in [0.15, 0.2) is 0 Å². The molecule has 0 radical (unpaired) electrons. The predicted octanol–water partition coefficient (Wildman–Crippen LogP) is 3.96. The second-order valence-corrected chi connectivity index (χ2v) is 4.32. The van der Waals surface area contributed by atoms with Gasteiger partial charge in [-0.1, -0.05) is 6.07 Å². The van der Waals surface area contributed by atoms with Gasteiger partial charge in [0.1, 0.15) is 0 Å². The van der Waals surface area contributed by atoms with E-state index < -0.39 is 0 Å². The SMILES string of the molecule is Cc1ccc(Br)c(NCc2ccoc2)c1. The number of furan rings is 1. The Kier molecular flexibility index (Phi) is 3.11. The highest BCUT2D eigenvalue weighted by Gasteiger charge is 2.00. The molecule has 2 rings (SSSR count). The van der Waals surface area contributed by atoms with E-state index in [4.69, 9.17) is 4.42 Å². The molecule has 0 saturated heterocycles. The maximum atomic E-state index is 5.01. The summed E-state index contributed by atoms with van der Waals surface area (Å²) in [6, 6.07) is 8.20.